The summed E-state index contributed by atoms with van der Waals surface area (Å²) in [6, 6.07) is 13.0. The summed E-state index contributed by atoms with van der Waals surface area (Å²) in [6.07, 6.45) is 0.883. The van der Waals surface area contributed by atoms with E-state index in [0.717, 1.165) is 24.1 Å². The van der Waals surface area contributed by atoms with Gasteiger partial charge in [-0.05, 0) is 55.4 Å². The Morgan fingerprint density at radius 3 is 1.63 bits per heavy atom. The highest BCUT2D eigenvalue weighted by Crippen LogP contribution is 2.28. The van der Waals surface area contributed by atoms with Crippen LogP contribution in [-0.2, 0) is 0 Å². The van der Waals surface area contributed by atoms with E-state index >= 15 is 0 Å². The normalized spacial score (nSPS) is 10.9. The monoisotopic (exact) mass is 261 g/mol. The first-order valence-electron chi connectivity index (χ1n) is 6.36. The summed E-state index contributed by atoms with van der Waals surface area (Å²) in [5.41, 5.74) is 2.09. The van der Waals surface area contributed by atoms with Crippen molar-refractivity contribution in [1.29, 1.82) is 0 Å². The SMILES string of the molecule is CNCCC(c1ccc(F)cc1)c1ccc(F)cc1. The fourth-order valence-corrected chi connectivity index (χ4v) is 2.20. The molecule has 0 spiro atoms. The van der Waals surface area contributed by atoms with E-state index in [9.17, 15) is 8.78 Å². The zero-order valence-electron chi connectivity index (χ0n) is 10.9. The first-order valence-corrected chi connectivity index (χ1v) is 6.36. The number of nitrogens with one attached hydrogen (secondary N) is 1. The Kier molecular flexibility index (Phi) is 4.63. The molecule has 0 amide bonds. The molecule has 0 fully saturated rings. The van der Waals surface area contributed by atoms with Crippen molar-refractivity contribution >= 4 is 0 Å². The van der Waals surface area contributed by atoms with E-state index in [-0.39, 0.29) is 17.6 Å². The molecule has 0 aromatic heterocycles. The number of benzene rings is 2. The molecule has 0 aliphatic heterocycles. The largest absolute Gasteiger partial charge is 0.320 e. The minimum Gasteiger partial charge on any atom is -0.320 e. The van der Waals surface area contributed by atoms with Crippen LogP contribution in [0.1, 0.15) is 23.5 Å². The maximum atomic E-state index is 13.0. The molecule has 3 heteroatoms. The third-order valence-electron chi connectivity index (χ3n) is 3.23. The lowest BCUT2D eigenvalue weighted by Gasteiger charge is -2.18. The predicted octanol–water partition coefficient (Wildman–Crippen LogP) is 3.71. The van der Waals surface area contributed by atoms with Gasteiger partial charge in [0.1, 0.15) is 11.6 Å². The van der Waals surface area contributed by atoms with Gasteiger partial charge < -0.3 is 5.32 Å². The third-order valence-corrected chi connectivity index (χ3v) is 3.23. The molecule has 0 saturated carbocycles. The van der Waals surface area contributed by atoms with E-state index in [1.54, 1.807) is 24.3 Å². The molecule has 0 aliphatic carbocycles. The first-order chi connectivity index (χ1) is 9.20. The maximum absolute atomic E-state index is 13.0. The lowest BCUT2D eigenvalue weighted by molar-refractivity contribution is 0.619. The molecule has 0 atom stereocenters. The predicted molar refractivity (Wildman–Crippen MR) is 73.2 cm³/mol. The molecule has 2 rings (SSSR count). The van der Waals surface area contributed by atoms with Crippen molar-refractivity contribution in [3.63, 3.8) is 0 Å². The second-order valence-corrected chi connectivity index (χ2v) is 4.55. The van der Waals surface area contributed by atoms with Crippen LogP contribution in [0.25, 0.3) is 0 Å². The molecule has 100 valence electrons. The zero-order valence-corrected chi connectivity index (χ0v) is 10.9. The average molecular weight is 261 g/mol. The van der Waals surface area contributed by atoms with Gasteiger partial charge in [0, 0.05) is 5.92 Å². The van der Waals surface area contributed by atoms with Gasteiger partial charge in [-0.25, -0.2) is 8.78 Å². The molecule has 0 saturated heterocycles. The summed E-state index contributed by atoms with van der Waals surface area (Å²) < 4.78 is 26.0. The number of hydrogen-bond acceptors (Lipinski definition) is 1. The quantitative estimate of drug-likeness (QED) is 0.865. The summed E-state index contributed by atoms with van der Waals surface area (Å²) in [5.74, 6) is -0.334. The van der Waals surface area contributed by atoms with Gasteiger partial charge in [-0.1, -0.05) is 24.3 Å². The van der Waals surface area contributed by atoms with Crippen LogP contribution in [0.2, 0.25) is 0 Å². The Hall–Kier alpha value is -1.74. The van der Waals surface area contributed by atoms with Gasteiger partial charge in [-0.15, -0.1) is 0 Å². The summed E-state index contributed by atoms with van der Waals surface area (Å²) in [4.78, 5) is 0. The summed E-state index contributed by atoms with van der Waals surface area (Å²) >= 11 is 0. The highest BCUT2D eigenvalue weighted by molar-refractivity contribution is 5.32. The molecule has 0 unspecified atom stereocenters. The molecule has 0 heterocycles. The van der Waals surface area contributed by atoms with Crippen molar-refractivity contribution in [3.05, 3.63) is 71.3 Å². The number of hydrogen-bond donors (Lipinski definition) is 1. The van der Waals surface area contributed by atoms with Crippen LogP contribution < -0.4 is 5.32 Å². The fraction of sp³-hybridized carbons (Fsp3) is 0.250. The summed E-state index contributed by atoms with van der Waals surface area (Å²) in [6.45, 7) is 0.847. The molecular weight excluding hydrogens is 244 g/mol. The number of rotatable bonds is 5. The van der Waals surface area contributed by atoms with E-state index in [2.05, 4.69) is 5.32 Å². The van der Waals surface area contributed by atoms with Crippen LogP contribution in [0.15, 0.2) is 48.5 Å². The van der Waals surface area contributed by atoms with E-state index in [1.807, 2.05) is 7.05 Å². The van der Waals surface area contributed by atoms with E-state index < -0.39 is 0 Å². The first kappa shape index (κ1) is 13.7. The standard InChI is InChI=1S/C16H17F2N/c1-19-11-10-16(12-2-6-14(17)7-3-12)13-4-8-15(18)9-5-13/h2-9,16,19H,10-11H2,1H3. The van der Waals surface area contributed by atoms with E-state index in [0.29, 0.717) is 0 Å². The average Bonchev–Trinajstić information content (AvgIpc) is 2.43. The van der Waals surface area contributed by atoms with Crippen LogP contribution in [-0.4, -0.2) is 13.6 Å². The summed E-state index contributed by atoms with van der Waals surface area (Å²) in [5, 5.41) is 3.11. The smallest absolute Gasteiger partial charge is 0.123 e. The molecule has 0 bridgehead atoms. The highest BCUT2D eigenvalue weighted by Gasteiger charge is 2.13. The Bertz CT molecular complexity index is 460. The maximum Gasteiger partial charge on any atom is 0.123 e. The minimum absolute atomic E-state index is 0.147. The van der Waals surface area contributed by atoms with Crippen LogP contribution >= 0.6 is 0 Å². The Balaban J connectivity index is 2.29. The molecular formula is C16H17F2N. The van der Waals surface area contributed by atoms with Crippen LogP contribution in [0, 0.1) is 11.6 Å². The van der Waals surface area contributed by atoms with E-state index in [1.165, 1.54) is 24.3 Å². The van der Waals surface area contributed by atoms with Gasteiger partial charge >= 0.3 is 0 Å². The number of halogens is 2. The lowest BCUT2D eigenvalue weighted by atomic mass is 9.88. The van der Waals surface area contributed by atoms with Gasteiger partial charge in [0.05, 0.1) is 0 Å². The summed E-state index contributed by atoms with van der Waals surface area (Å²) in [7, 11) is 1.90. The van der Waals surface area contributed by atoms with E-state index in [4.69, 9.17) is 0 Å². The molecule has 0 aliphatic rings. The molecule has 2 aromatic carbocycles. The van der Waals surface area contributed by atoms with Crippen LogP contribution in [0.5, 0.6) is 0 Å². The van der Waals surface area contributed by atoms with Gasteiger partial charge in [0.25, 0.3) is 0 Å². The van der Waals surface area contributed by atoms with Crippen LogP contribution in [0.3, 0.4) is 0 Å². The third kappa shape index (κ3) is 3.61. The highest BCUT2D eigenvalue weighted by atomic mass is 19.1. The molecule has 1 nitrogen and oxygen atoms in total. The second-order valence-electron chi connectivity index (χ2n) is 4.55. The Morgan fingerprint density at radius 2 is 1.26 bits per heavy atom. The van der Waals surface area contributed by atoms with Crippen LogP contribution in [0.4, 0.5) is 8.78 Å². The van der Waals surface area contributed by atoms with Crippen molar-refractivity contribution in [2.24, 2.45) is 0 Å². The van der Waals surface area contributed by atoms with Crippen molar-refractivity contribution in [2.75, 3.05) is 13.6 Å². The van der Waals surface area contributed by atoms with Crippen molar-refractivity contribution in [3.8, 4) is 0 Å². The topological polar surface area (TPSA) is 12.0 Å². The minimum atomic E-state index is -0.241. The van der Waals surface area contributed by atoms with Gasteiger partial charge in [-0.3, -0.25) is 0 Å². The fourth-order valence-electron chi connectivity index (χ4n) is 2.20. The second kappa shape index (κ2) is 6.43. The molecule has 0 radical (unpaired) electrons. The molecule has 2 aromatic rings. The van der Waals surface area contributed by atoms with Crippen molar-refractivity contribution < 1.29 is 8.78 Å². The zero-order chi connectivity index (χ0) is 13.7. The van der Waals surface area contributed by atoms with Gasteiger partial charge in [-0.2, -0.15) is 0 Å². The van der Waals surface area contributed by atoms with Crippen molar-refractivity contribution in [1.82, 2.24) is 5.32 Å². The Morgan fingerprint density at radius 1 is 0.842 bits per heavy atom. The molecule has 19 heavy (non-hydrogen) atoms. The lowest BCUT2D eigenvalue weighted by Crippen LogP contribution is -2.13. The van der Waals surface area contributed by atoms with Gasteiger partial charge in [0.15, 0.2) is 0 Å². The Labute approximate surface area is 112 Å². The van der Waals surface area contributed by atoms with Gasteiger partial charge in [0.2, 0.25) is 0 Å². The van der Waals surface area contributed by atoms with Crippen molar-refractivity contribution in [2.45, 2.75) is 12.3 Å². The molecule has 1 N–H and O–H groups in total.